The standard InChI is InChI=1S/C17H24N2/c1-5-10-17(3,4)18-12-14-7-9-16-15(11-14)8-6-13(2)19-16/h6-9,11,18H,5,10,12H2,1-4H3. The third kappa shape index (κ3) is 3.77. The first-order valence-corrected chi connectivity index (χ1v) is 7.11. The van der Waals surface area contributed by atoms with Gasteiger partial charge in [0.25, 0.3) is 0 Å². The summed E-state index contributed by atoms with van der Waals surface area (Å²) in [7, 11) is 0. The summed E-state index contributed by atoms with van der Waals surface area (Å²) in [6, 6.07) is 10.7. The molecule has 0 fully saturated rings. The Morgan fingerprint density at radius 3 is 2.68 bits per heavy atom. The van der Waals surface area contributed by atoms with Gasteiger partial charge in [-0.3, -0.25) is 4.98 Å². The van der Waals surface area contributed by atoms with E-state index in [9.17, 15) is 0 Å². The lowest BCUT2D eigenvalue weighted by Crippen LogP contribution is -2.38. The largest absolute Gasteiger partial charge is 0.308 e. The zero-order chi connectivity index (χ0) is 13.9. The summed E-state index contributed by atoms with van der Waals surface area (Å²) >= 11 is 0. The molecule has 2 nitrogen and oxygen atoms in total. The second-order valence-corrected chi connectivity index (χ2v) is 5.97. The summed E-state index contributed by atoms with van der Waals surface area (Å²) in [6.45, 7) is 9.71. The summed E-state index contributed by atoms with van der Waals surface area (Å²) in [5.74, 6) is 0. The molecule has 1 heterocycles. The highest BCUT2D eigenvalue weighted by Crippen LogP contribution is 2.16. The molecule has 1 N–H and O–H groups in total. The number of fused-ring (bicyclic) bond motifs is 1. The van der Waals surface area contributed by atoms with Crippen LogP contribution in [0.2, 0.25) is 0 Å². The lowest BCUT2D eigenvalue weighted by Gasteiger charge is -2.26. The molecular weight excluding hydrogens is 232 g/mol. The molecule has 2 heteroatoms. The lowest BCUT2D eigenvalue weighted by atomic mass is 9.98. The van der Waals surface area contributed by atoms with Gasteiger partial charge in [0.1, 0.15) is 0 Å². The molecular formula is C17H24N2. The molecule has 0 aliphatic carbocycles. The minimum absolute atomic E-state index is 0.204. The van der Waals surface area contributed by atoms with Gasteiger partial charge in [-0.15, -0.1) is 0 Å². The van der Waals surface area contributed by atoms with Gasteiger partial charge < -0.3 is 5.32 Å². The molecule has 102 valence electrons. The molecule has 1 aromatic carbocycles. The average Bonchev–Trinajstić information content (AvgIpc) is 2.36. The van der Waals surface area contributed by atoms with Gasteiger partial charge in [-0.1, -0.05) is 25.5 Å². The van der Waals surface area contributed by atoms with E-state index < -0.39 is 0 Å². The van der Waals surface area contributed by atoms with Crippen molar-refractivity contribution in [2.45, 2.75) is 52.6 Å². The number of rotatable bonds is 5. The highest BCUT2D eigenvalue weighted by Gasteiger charge is 2.15. The van der Waals surface area contributed by atoms with Crippen molar-refractivity contribution in [3.8, 4) is 0 Å². The fourth-order valence-electron chi connectivity index (χ4n) is 2.44. The molecule has 2 rings (SSSR count). The second kappa shape index (κ2) is 5.70. The van der Waals surface area contributed by atoms with E-state index in [4.69, 9.17) is 0 Å². The van der Waals surface area contributed by atoms with Gasteiger partial charge in [-0.2, -0.15) is 0 Å². The first-order valence-electron chi connectivity index (χ1n) is 7.11. The topological polar surface area (TPSA) is 24.9 Å². The van der Waals surface area contributed by atoms with E-state index in [0.717, 1.165) is 17.8 Å². The summed E-state index contributed by atoms with van der Waals surface area (Å²) in [5, 5.41) is 4.85. The Morgan fingerprint density at radius 1 is 1.16 bits per heavy atom. The summed E-state index contributed by atoms with van der Waals surface area (Å²) in [5.41, 5.74) is 3.68. The zero-order valence-corrected chi connectivity index (χ0v) is 12.5. The van der Waals surface area contributed by atoms with E-state index >= 15 is 0 Å². The molecule has 0 aliphatic heterocycles. The number of aryl methyl sites for hydroxylation is 1. The van der Waals surface area contributed by atoms with Crippen LogP contribution in [-0.2, 0) is 6.54 Å². The van der Waals surface area contributed by atoms with Crippen LogP contribution in [0.15, 0.2) is 30.3 Å². The predicted molar refractivity (Wildman–Crippen MR) is 82.3 cm³/mol. The van der Waals surface area contributed by atoms with Crippen LogP contribution >= 0.6 is 0 Å². The monoisotopic (exact) mass is 256 g/mol. The van der Waals surface area contributed by atoms with Crippen LogP contribution in [0.3, 0.4) is 0 Å². The Morgan fingerprint density at radius 2 is 1.95 bits per heavy atom. The normalized spacial score (nSPS) is 12.0. The minimum atomic E-state index is 0.204. The second-order valence-electron chi connectivity index (χ2n) is 5.97. The molecule has 2 aromatic rings. The summed E-state index contributed by atoms with van der Waals surface area (Å²) in [6.07, 6.45) is 2.41. The van der Waals surface area contributed by atoms with Crippen LogP contribution in [0.5, 0.6) is 0 Å². The van der Waals surface area contributed by atoms with E-state index in [2.05, 4.69) is 61.4 Å². The minimum Gasteiger partial charge on any atom is -0.308 e. The summed E-state index contributed by atoms with van der Waals surface area (Å²) < 4.78 is 0. The van der Waals surface area contributed by atoms with Crippen LogP contribution in [-0.4, -0.2) is 10.5 Å². The first kappa shape index (κ1) is 14.0. The quantitative estimate of drug-likeness (QED) is 0.866. The maximum atomic E-state index is 4.53. The number of nitrogens with one attached hydrogen (secondary N) is 1. The molecule has 0 unspecified atom stereocenters. The molecule has 0 atom stereocenters. The smallest absolute Gasteiger partial charge is 0.0705 e. The maximum Gasteiger partial charge on any atom is 0.0705 e. The van der Waals surface area contributed by atoms with Crippen LogP contribution in [0.1, 0.15) is 44.9 Å². The van der Waals surface area contributed by atoms with Crippen molar-refractivity contribution in [1.29, 1.82) is 0 Å². The Labute approximate surface area is 116 Å². The van der Waals surface area contributed by atoms with Crippen LogP contribution in [0.4, 0.5) is 0 Å². The van der Waals surface area contributed by atoms with E-state index in [-0.39, 0.29) is 5.54 Å². The predicted octanol–water partition coefficient (Wildman–Crippen LogP) is 4.21. The number of pyridine rings is 1. The number of benzene rings is 1. The van der Waals surface area contributed by atoms with Crippen molar-refractivity contribution in [3.63, 3.8) is 0 Å². The third-order valence-corrected chi connectivity index (χ3v) is 3.54. The Balaban J connectivity index is 2.11. The van der Waals surface area contributed by atoms with Gasteiger partial charge in [0.15, 0.2) is 0 Å². The van der Waals surface area contributed by atoms with Gasteiger partial charge in [-0.25, -0.2) is 0 Å². The van der Waals surface area contributed by atoms with E-state index in [0.29, 0.717) is 0 Å². The number of nitrogens with zero attached hydrogens (tertiary/aromatic N) is 1. The van der Waals surface area contributed by atoms with Crippen molar-refractivity contribution in [2.75, 3.05) is 0 Å². The Kier molecular flexibility index (Phi) is 4.20. The molecule has 0 bridgehead atoms. The highest BCUT2D eigenvalue weighted by molar-refractivity contribution is 5.79. The van der Waals surface area contributed by atoms with Crippen molar-refractivity contribution >= 4 is 10.9 Å². The van der Waals surface area contributed by atoms with Crippen molar-refractivity contribution in [3.05, 3.63) is 41.6 Å². The first-order chi connectivity index (χ1) is 9.00. The van der Waals surface area contributed by atoms with Gasteiger partial charge in [0.2, 0.25) is 0 Å². The molecule has 0 saturated heterocycles. The number of hydrogen-bond acceptors (Lipinski definition) is 2. The SMILES string of the molecule is CCCC(C)(C)NCc1ccc2nc(C)ccc2c1. The Hall–Kier alpha value is -1.41. The molecule has 0 spiro atoms. The Bertz CT molecular complexity index is 558. The van der Waals surface area contributed by atoms with Crippen LogP contribution in [0, 0.1) is 6.92 Å². The maximum absolute atomic E-state index is 4.53. The molecule has 0 aliphatic rings. The van der Waals surface area contributed by atoms with Crippen molar-refractivity contribution < 1.29 is 0 Å². The van der Waals surface area contributed by atoms with Gasteiger partial charge >= 0.3 is 0 Å². The average molecular weight is 256 g/mol. The van der Waals surface area contributed by atoms with E-state index in [1.165, 1.54) is 23.8 Å². The lowest BCUT2D eigenvalue weighted by molar-refractivity contribution is 0.357. The van der Waals surface area contributed by atoms with Crippen molar-refractivity contribution in [2.24, 2.45) is 0 Å². The van der Waals surface area contributed by atoms with Crippen molar-refractivity contribution in [1.82, 2.24) is 10.3 Å². The van der Waals surface area contributed by atoms with Crippen LogP contribution in [0.25, 0.3) is 10.9 Å². The fourth-order valence-corrected chi connectivity index (χ4v) is 2.44. The molecule has 0 amide bonds. The zero-order valence-electron chi connectivity index (χ0n) is 12.5. The number of aromatic nitrogens is 1. The number of hydrogen-bond donors (Lipinski definition) is 1. The van der Waals surface area contributed by atoms with E-state index in [1.54, 1.807) is 0 Å². The van der Waals surface area contributed by atoms with Gasteiger partial charge in [-0.05, 0) is 51.0 Å². The molecule has 1 aromatic heterocycles. The third-order valence-electron chi connectivity index (χ3n) is 3.54. The highest BCUT2D eigenvalue weighted by atomic mass is 14.9. The molecule has 0 radical (unpaired) electrons. The van der Waals surface area contributed by atoms with E-state index in [1.807, 2.05) is 6.92 Å². The molecule has 19 heavy (non-hydrogen) atoms. The van der Waals surface area contributed by atoms with Gasteiger partial charge in [0, 0.05) is 23.2 Å². The van der Waals surface area contributed by atoms with Crippen LogP contribution < -0.4 is 5.32 Å². The summed E-state index contributed by atoms with van der Waals surface area (Å²) in [4.78, 5) is 4.53. The fraction of sp³-hybridized carbons (Fsp3) is 0.471. The van der Waals surface area contributed by atoms with Gasteiger partial charge in [0.05, 0.1) is 5.52 Å². The molecule has 0 saturated carbocycles.